The number of carbonyl (C=O) groups is 1. The van der Waals surface area contributed by atoms with Gasteiger partial charge in [0.1, 0.15) is 5.69 Å². The number of nitrogens with one attached hydrogen (secondary N) is 2. The number of anilines is 2. The number of para-hydroxylation sites is 1. The lowest BCUT2D eigenvalue weighted by molar-refractivity contribution is 0.102. The van der Waals surface area contributed by atoms with E-state index in [0.717, 1.165) is 0 Å². The molecule has 1 aromatic carbocycles. The number of carbonyl (C=O) groups excluding carboxylic acids is 1. The molecular formula is C16H16ClN3O3S. The molecule has 6 nitrogen and oxygen atoms in total. The number of rotatable bonds is 4. The average molecular weight is 366 g/mol. The minimum atomic E-state index is -2.96. The number of sulfone groups is 1. The third-order valence-electron chi connectivity index (χ3n) is 3.72. The summed E-state index contributed by atoms with van der Waals surface area (Å²) in [6, 6.07) is 10.1. The lowest BCUT2D eigenvalue weighted by atomic mass is 10.2. The monoisotopic (exact) mass is 365 g/mol. The zero-order chi connectivity index (χ0) is 17.2. The summed E-state index contributed by atoms with van der Waals surface area (Å²) in [4.78, 5) is 16.4. The zero-order valence-corrected chi connectivity index (χ0v) is 14.3. The van der Waals surface area contributed by atoms with Crippen LogP contribution in [0.4, 0.5) is 11.4 Å². The molecule has 2 heterocycles. The van der Waals surface area contributed by atoms with Crippen molar-refractivity contribution in [3.63, 3.8) is 0 Å². The number of nitrogens with zero attached hydrogens (tertiary/aromatic N) is 1. The van der Waals surface area contributed by atoms with Crippen molar-refractivity contribution in [1.82, 2.24) is 4.98 Å². The van der Waals surface area contributed by atoms with Crippen molar-refractivity contribution in [1.29, 1.82) is 0 Å². The van der Waals surface area contributed by atoms with Gasteiger partial charge in [0.05, 0.1) is 22.2 Å². The summed E-state index contributed by atoms with van der Waals surface area (Å²) in [6.45, 7) is 0. The first-order chi connectivity index (χ1) is 11.4. The molecule has 1 fully saturated rings. The van der Waals surface area contributed by atoms with Gasteiger partial charge in [-0.2, -0.15) is 0 Å². The SMILES string of the molecule is O=C(Nc1ccccc1Cl)c1cc(NC2CCS(=O)(=O)C2)ccn1. The van der Waals surface area contributed by atoms with E-state index >= 15 is 0 Å². The number of hydrogen-bond donors (Lipinski definition) is 2. The summed E-state index contributed by atoms with van der Waals surface area (Å²) in [5, 5.41) is 6.29. The Balaban J connectivity index is 1.71. The van der Waals surface area contributed by atoms with Crippen LogP contribution >= 0.6 is 11.6 Å². The van der Waals surface area contributed by atoms with Crippen LogP contribution in [-0.2, 0) is 9.84 Å². The van der Waals surface area contributed by atoms with Crippen LogP contribution < -0.4 is 10.6 Å². The van der Waals surface area contributed by atoms with Crippen LogP contribution in [0.1, 0.15) is 16.9 Å². The molecule has 3 rings (SSSR count). The molecule has 2 N–H and O–H groups in total. The van der Waals surface area contributed by atoms with E-state index < -0.39 is 9.84 Å². The summed E-state index contributed by atoms with van der Waals surface area (Å²) in [6.07, 6.45) is 2.07. The molecule has 1 aliphatic rings. The molecule has 1 amide bonds. The lowest BCUT2D eigenvalue weighted by Gasteiger charge is -2.13. The first kappa shape index (κ1) is 16.7. The van der Waals surface area contributed by atoms with Crippen molar-refractivity contribution in [3.8, 4) is 0 Å². The van der Waals surface area contributed by atoms with E-state index in [2.05, 4.69) is 15.6 Å². The minimum Gasteiger partial charge on any atom is -0.381 e. The molecule has 1 unspecified atom stereocenters. The van der Waals surface area contributed by atoms with Crippen LogP contribution in [0.25, 0.3) is 0 Å². The molecule has 0 bridgehead atoms. The van der Waals surface area contributed by atoms with Gasteiger partial charge < -0.3 is 10.6 Å². The Bertz CT molecular complexity index is 870. The van der Waals surface area contributed by atoms with E-state index in [4.69, 9.17) is 11.6 Å². The number of pyridine rings is 1. The molecule has 8 heteroatoms. The Kier molecular flexibility index (Phi) is 4.73. The van der Waals surface area contributed by atoms with Gasteiger partial charge in [-0.3, -0.25) is 9.78 Å². The highest BCUT2D eigenvalue weighted by molar-refractivity contribution is 7.91. The molecule has 0 aliphatic carbocycles. The predicted molar refractivity (Wildman–Crippen MR) is 94.3 cm³/mol. The number of benzene rings is 1. The highest BCUT2D eigenvalue weighted by Gasteiger charge is 2.27. The maximum absolute atomic E-state index is 12.3. The van der Waals surface area contributed by atoms with E-state index in [9.17, 15) is 13.2 Å². The molecule has 2 aromatic rings. The maximum atomic E-state index is 12.3. The van der Waals surface area contributed by atoms with Crippen LogP contribution in [0.3, 0.4) is 0 Å². The third kappa shape index (κ3) is 4.04. The van der Waals surface area contributed by atoms with Gasteiger partial charge in [0.2, 0.25) is 0 Å². The van der Waals surface area contributed by atoms with Gasteiger partial charge in [-0.15, -0.1) is 0 Å². The van der Waals surface area contributed by atoms with Crippen LogP contribution in [-0.4, -0.2) is 36.9 Å². The van der Waals surface area contributed by atoms with Gasteiger partial charge in [0, 0.05) is 17.9 Å². The van der Waals surface area contributed by atoms with Gasteiger partial charge in [-0.05, 0) is 30.7 Å². The van der Waals surface area contributed by atoms with Gasteiger partial charge in [0.15, 0.2) is 9.84 Å². The van der Waals surface area contributed by atoms with Gasteiger partial charge in [-0.25, -0.2) is 8.42 Å². The molecule has 0 saturated carbocycles. The average Bonchev–Trinajstić information content (AvgIpc) is 2.88. The highest BCUT2D eigenvalue weighted by Crippen LogP contribution is 2.22. The van der Waals surface area contributed by atoms with Crippen molar-refractivity contribution in [2.24, 2.45) is 0 Å². The van der Waals surface area contributed by atoms with Crippen molar-refractivity contribution >= 4 is 38.7 Å². The van der Waals surface area contributed by atoms with E-state index in [-0.39, 0.29) is 29.1 Å². The van der Waals surface area contributed by atoms with E-state index in [1.54, 1.807) is 36.4 Å². The summed E-state index contributed by atoms with van der Waals surface area (Å²) in [5.74, 6) is -0.0858. The van der Waals surface area contributed by atoms with Gasteiger partial charge >= 0.3 is 0 Å². The molecule has 1 aliphatic heterocycles. The molecule has 24 heavy (non-hydrogen) atoms. The number of amides is 1. The van der Waals surface area contributed by atoms with Crippen LogP contribution in [0, 0.1) is 0 Å². The van der Waals surface area contributed by atoms with Crippen LogP contribution in [0.15, 0.2) is 42.6 Å². The zero-order valence-electron chi connectivity index (χ0n) is 12.7. The minimum absolute atomic E-state index is 0.108. The Labute approximate surface area is 145 Å². The molecule has 126 valence electrons. The Morgan fingerprint density at radius 2 is 2.04 bits per heavy atom. The smallest absolute Gasteiger partial charge is 0.274 e. The summed E-state index contributed by atoms with van der Waals surface area (Å²) in [7, 11) is -2.96. The second-order valence-corrected chi connectivity index (χ2v) is 8.24. The lowest BCUT2D eigenvalue weighted by Crippen LogP contribution is -2.21. The van der Waals surface area contributed by atoms with Crippen LogP contribution in [0.2, 0.25) is 5.02 Å². The first-order valence-electron chi connectivity index (χ1n) is 7.42. The third-order valence-corrected chi connectivity index (χ3v) is 5.82. The van der Waals surface area contributed by atoms with E-state index in [1.807, 2.05) is 0 Å². The normalized spacial score (nSPS) is 19.0. The van der Waals surface area contributed by atoms with Crippen LogP contribution in [0.5, 0.6) is 0 Å². The molecule has 0 radical (unpaired) electrons. The Hall–Kier alpha value is -2.12. The number of aromatic nitrogens is 1. The Morgan fingerprint density at radius 3 is 2.75 bits per heavy atom. The molecule has 1 aromatic heterocycles. The molecular weight excluding hydrogens is 350 g/mol. The fourth-order valence-corrected chi connectivity index (χ4v) is 4.39. The summed E-state index contributed by atoms with van der Waals surface area (Å²) in [5.41, 5.74) is 1.39. The quantitative estimate of drug-likeness (QED) is 0.869. The molecule has 1 atom stereocenters. The number of hydrogen-bond acceptors (Lipinski definition) is 5. The maximum Gasteiger partial charge on any atom is 0.274 e. The second kappa shape index (κ2) is 6.78. The molecule has 0 spiro atoms. The first-order valence-corrected chi connectivity index (χ1v) is 9.62. The van der Waals surface area contributed by atoms with Crippen molar-refractivity contribution in [2.75, 3.05) is 22.1 Å². The second-order valence-electron chi connectivity index (χ2n) is 5.61. The molecule has 1 saturated heterocycles. The topological polar surface area (TPSA) is 88.2 Å². The summed E-state index contributed by atoms with van der Waals surface area (Å²) < 4.78 is 23.0. The van der Waals surface area contributed by atoms with E-state index in [1.165, 1.54) is 6.20 Å². The van der Waals surface area contributed by atoms with Crippen molar-refractivity contribution < 1.29 is 13.2 Å². The number of halogens is 1. The van der Waals surface area contributed by atoms with Gasteiger partial charge in [-0.1, -0.05) is 23.7 Å². The fraction of sp³-hybridized carbons (Fsp3) is 0.250. The predicted octanol–water partition coefficient (Wildman–Crippen LogP) is 2.59. The van der Waals surface area contributed by atoms with Crippen molar-refractivity contribution in [2.45, 2.75) is 12.5 Å². The largest absolute Gasteiger partial charge is 0.381 e. The fourth-order valence-electron chi connectivity index (χ4n) is 2.54. The van der Waals surface area contributed by atoms with E-state index in [0.29, 0.717) is 22.8 Å². The Morgan fingerprint density at radius 1 is 1.25 bits per heavy atom. The standard InChI is InChI=1S/C16H16ClN3O3S/c17-13-3-1-2-4-14(13)20-16(21)15-9-11(5-7-18-15)19-12-6-8-24(22,23)10-12/h1-5,7,9,12H,6,8,10H2,(H,18,19)(H,20,21). The van der Waals surface area contributed by atoms with Gasteiger partial charge in [0.25, 0.3) is 5.91 Å². The highest BCUT2D eigenvalue weighted by atomic mass is 35.5. The van der Waals surface area contributed by atoms with Crippen molar-refractivity contribution in [3.05, 3.63) is 53.3 Å². The summed E-state index contributed by atoms with van der Waals surface area (Å²) >= 11 is 6.02.